The smallest absolute Gasteiger partial charge is 0.129 e. The number of phenolic OH excluding ortho intramolecular Hbond substituents is 1. The summed E-state index contributed by atoms with van der Waals surface area (Å²) >= 11 is 2.18. The van der Waals surface area contributed by atoms with Crippen molar-refractivity contribution < 1.29 is 5.11 Å². The lowest BCUT2D eigenvalue weighted by molar-refractivity contribution is 0.472. The van der Waals surface area contributed by atoms with E-state index in [0.717, 1.165) is 27.3 Å². The molecule has 4 N–H and O–H groups in total. The molecule has 0 spiro atoms. The Hall–Kier alpha value is -0.750. The highest BCUT2D eigenvalue weighted by Gasteiger charge is 2.09. The van der Waals surface area contributed by atoms with E-state index in [9.17, 15) is 5.11 Å². The lowest BCUT2D eigenvalue weighted by Crippen LogP contribution is -2.00. The van der Waals surface area contributed by atoms with Crippen LogP contribution in [0.5, 0.6) is 5.75 Å². The number of aryl methyl sites for hydroxylation is 1. The molecule has 0 bridgehead atoms. The number of aromatic nitrogens is 1. The van der Waals surface area contributed by atoms with Crippen molar-refractivity contribution >= 4 is 33.5 Å². The second-order valence-corrected chi connectivity index (χ2v) is 4.61. The summed E-state index contributed by atoms with van der Waals surface area (Å²) in [6.07, 6.45) is 3.93. The molecule has 0 aliphatic rings. The summed E-state index contributed by atoms with van der Waals surface area (Å²) in [5, 5.41) is 10.8. The zero-order valence-corrected chi connectivity index (χ0v) is 10.4. The predicted octanol–water partition coefficient (Wildman–Crippen LogP) is 2.37. The number of benzene rings is 1. The largest absolute Gasteiger partial charge is 0.507 e. The third kappa shape index (κ3) is 1.96. The van der Waals surface area contributed by atoms with Crippen LogP contribution in [0, 0.1) is 3.57 Å². The van der Waals surface area contributed by atoms with Gasteiger partial charge in [-0.05, 0) is 59.7 Å². The molecule has 4 heteroatoms. The molecule has 0 fully saturated rings. The van der Waals surface area contributed by atoms with Crippen molar-refractivity contribution in [3.63, 3.8) is 0 Å². The Morgan fingerprint density at radius 3 is 2.93 bits per heavy atom. The summed E-state index contributed by atoms with van der Waals surface area (Å²) in [5.41, 5.74) is 7.80. The van der Waals surface area contributed by atoms with Gasteiger partial charge >= 0.3 is 0 Å². The molecule has 0 aliphatic heterocycles. The Labute approximate surface area is 102 Å². The molecule has 3 nitrogen and oxygen atoms in total. The summed E-state index contributed by atoms with van der Waals surface area (Å²) < 4.78 is 0.915. The van der Waals surface area contributed by atoms with Gasteiger partial charge in [-0.1, -0.05) is 0 Å². The summed E-state index contributed by atoms with van der Waals surface area (Å²) in [6.45, 7) is 0.696. The van der Waals surface area contributed by atoms with Crippen molar-refractivity contribution in [2.45, 2.75) is 12.8 Å². The van der Waals surface area contributed by atoms with E-state index in [1.54, 1.807) is 6.07 Å². The van der Waals surface area contributed by atoms with Gasteiger partial charge in [0.15, 0.2) is 0 Å². The maximum absolute atomic E-state index is 9.64. The summed E-state index contributed by atoms with van der Waals surface area (Å²) in [7, 11) is 0. The average molecular weight is 316 g/mol. The molecular formula is C11H13IN2O. The molecule has 1 aromatic heterocycles. The Morgan fingerprint density at radius 2 is 2.20 bits per heavy atom. The summed E-state index contributed by atoms with van der Waals surface area (Å²) in [5.74, 6) is 0.344. The maximum Gasteiger partial charge on any atom is 0.129 e. The Bertz CT molecular complexity index is 479. The van der Waals surface area contributed by atoms with E-state index in [4.69, 9.17) is 5.73 Å². The second-order valence-electron chi connectivity index (χ2n) is 3.53. The van der Waals surface area contributed by atoms with E-state index in [1.807, 2.05) is 12.3 Å². The normalized spacial score (nSPS) is 11.1. The fourth-order valence-corrected chi connectivity index (χ4v) is 2.54. The van der Waals surface area contributed by atoms with Crippen LogP contribution >= 0.6 is 22.6 Å². The van der Waals surface area contributed by atoms with Crippen LogP contribution in [0.4, 0.5) is 0 Å². The molecule has 0 atom stereocenters. The lowest BCUT2D eigenvalue weighted by Gasteiger charge is -2.02. The first-order chi connectivity index (χ1) is 7.24. The lowest BCUT2D eigenvalue weighted by atomic mass is 10.1. The highest BCUT2D eigenvalue weighted by molar-refractivity contribution is 14.1. The quantitative estimate of drug-likeness (QED) is 0.761. The molecule has 0 aliphatic carbocycles. The minimum Gasteiger partial charge on any atom is -0.507 e. The van der Waals surface area contributed by atoms with Crippen LogP contribution in [-0.2, 0) is 6.42 Å². The van der Waals surface area contributed by atoms with Crippen molar-refractivity contribution in [3.05, 3.63) is 27.5 Å². The van der Waals surface area contributed by atoms with Gasteiger partial charge in [-0.2, -0.15) is 0 Å². The van der Waals surface area contributed by atoms with Crippen molar-refractivity contribution in [2.24, 2.45) is 5.73 Å². The fourth-order valence-electron chi connectivity index (χ4n) is 1.73. The third-order valence-electron chi connectivity index (χ3n) is 2.49. The number of hydrogen-bond donors (Lipinski definition) is 3. The molecule has 0 unspecified atom stereocenters. The van der Waals surface area contributed by atoms with Crippen LogP contribution < -0.4 is 5.73 Å². The molecule has 0 radical (unpaired) electrons. The number of nitrogens with two attached hydrogens (primary N) is 1. The molecule has 15 heavy (non-hydrogen) atoms. The number of rotatable bonds is 3. The van der Waals surface area contributed by atoms with Gasteiger partial charge in [-0.3, -0.25) is 0 Å². The number of halogens is 1. The van der Waals surface area contributed by atoms with Crippen molar-refractivity contribution in [2.75, 3.05) is 6.54 Å². The highest BCUT2D eigenvalue weighted by Crippen LogP contribution is 2.31. The van der Waals surface area contributed by atoms with Crippen LogP contribution in [0.1, 0.15) is 12.0 Å². The SMILES string of the molecule is NCCCc1c[nH]c2ccc(O)c(I)c12. The number of nitrogens with one attached hydrogen (secondary N) is 1. The van der Waals surface area contributed by atoms with E-state index in [2.05, 4.69) is 27.6 Å². The standard InChI is InChI=1S/C11H13IN2O/c12-11-9(15)4-3-8-10(11)7(6-14-8)2-1-5-13/h3-4,6,14-15H,1-2,5,13H2. The maximum atomic E-state index is 9.64. The van der Waals surface area contributed by atoms with E-state index >= 15 is 0 Å². The van der Waals surface area contributed by atoms with Crippen LogP contribution in [0.25, 0.3) is 10.9 Å². The average Bonchev–Trinajstić information content (AvgIpc) is 2.64. The molecule has 0 saturated carbocycles. The first-order valence-corrected chi connectivity index (χ1v) is 5.99. The molecule has 2 aromatic rings. The van der Waals surface area contributed by atoms with Gasteiger partial charge in [0.1, 0.15) is 5.75 Å². The molecule has 0 amide bonds. The number of hydrogen-bond acceptors (Lipinski definition) is 2. The van der Waals surface area contributed by atoms with Crippen LogP contribution in [-0.4, -0.2) is 16.6 Å². The van der Waals surface area contributed by atoms with E-state index in [1.165, 1.54) is 5.56 Å². The fraction of sp³-hybridized carbons (Fsp3) is 0.273. The van der Waals surface area contributed by atoms with Gasteiger partial charge < -0.3 is 15.8 Å². The van der Waals surface area contributed by atoms with Crippen LogP contribution in [0.3, 0.4) is 0 Å². The minimum atomic E-state index is 0.344. The van der Waals surface area contributed by atoms with E-state index in [-0.39, 0.29) is 0 Å². The first-order valence-electron chi connectivity index (χ1n) is 4.91. The zero-order valence-electron chi connectivity index (χ0n) is 8.26. The molecule has 1 aromatic carbocycles. The first kappa shape index (κ1) is 10.8. The Balaban J connectivity index is 2.51. The summed E-state index contributed by atoms with van der Waals surface area (Å²) in [6, 6.07) is 3.62. The second kappa shape index (κ2) is 4.40. The van der Waals surface area contributed by atoms with Crippen LogP contribution in [0.15, 0.2) is 18.3 Å². The number of H-pyrrole nitrogens is 1. The van der Waals surface area contributed by atoms with Gasteiger partial charge in [0.2, 0.25) is 0 Å². The van der Waals surface area contributed by atoms with Crippen LogP contribution in [0.2, 0.25) is 0 Å². The minimum absolute atomic E-state index is 0.344. The Morgan fingerprint density at radius 1 is 1.40 bits per heavy atom. The molecule has 0 saturated heterocycles. The molecule has 1 heterocycles. The predicted molar refractivity (Wildman–Crippen MR) is 70.1 cm³/mol. The monoisotopic (exact) mass is 316 g/mol. The Kier molecular flexibility index (Phi) is 3.16. The number of phenols is 1. The van der Waals surface area contributed by atoms with E-state index in [0.29, 0.717) is 12.3 Å². The van der Waals surface area contributed by atoms with Gasteiger partial charge in [0, 0.05) is 17.1 Å². The van der Waals surface area contributed by atoms with Crippen molar-refractivity contribution in [1.82, 2.24) is 4.98 Å². The number of aromatic amines is 1. The number of aromatic hydroxyl groups is 1. The van der Waals surface area contributed by atoms with Gasteiger partial charge in [0.25, 0.3) is 0 Å². The van der Waals surface area contributed by atoms with Gasteiger partial charge in [-0.15, -0.1) is 0 Å². The van der Waals surface area contributed by atoms with Crippen molar-refractivity contribution in [1.29, 1.82) is 0 Å². The van der Waals surface area contributed by atoms with Gasteiger partial charge in [0.05, 0.1) is 3.57 Å². The van der Waals surface area contributed by atoms with E-state index < -0.39 is 0 Å². The number of fused-ring (bicyclic) bond motifs is 1. The zero-order chi connectivity index (χ0) is 10.8. The summed E-state index contributed by atoms with van der Waals surface area (Å²) in [4.78, 5) is 3.21. The third-order valence-corrected chi connectivity index (χ3v) is 3.59. The topological polar surface area (TPSA) is 62.0 Å². The molecular weight excluding hydrogens is 303 g/mol. The van der Waals surface area contributed by atoms with Crippen molar-refractivity contribution in [3.8, 4) is 5.75 Å². The molecule has 80 valence electrons. The highest BCUT2D eigenvalue weighted by atomic mass is 127. The molecule has 2 rings (SSSR count). The van der Waals surface area contributed by atoms with Gasteiger partial charge in [-0.25, -0.2) is 0 Å².